The van der Waals surface area contributed by atoms with Gasteiger partial charge in [0.05, 0.1) is 6.54 Å². The minimum absolute atomic E-state index is 0.0306. The Balaban J connectivity index is 2.28. The van der Waals surface area contributed by atoms with Gasteiger partial charge >= 0.3 is 5.97 Å². The molecule has 0 aromatic carbocycles. The molecule has 0 aromatic heterocycles. The number of hydrogen-bond acceptors (Lipinski definition) is 3. The number of ether oxygens (including phenoxy) is 1. The molecule has 1 fully saturated rings. The van der Waals surface area contributed by atoms with Crippen molar-refractivity contribution in [3.63, 3.8) is 0 Å². The highest BCUT2D eigenvalue weighted by Gasteiger charge is 2.25. The number of nitrogens with one attached hydrogen (secondary N) is 1. The molecule has 0 radical (unpaired) electrons. The zero-order valence-electron chi connectivity index (χ0n) is 11.0. The fraction of sp³-hybridized carbons (Fsp3) is 0.923. The minimum atomic E-state index is -0.117. The lowest BCUT2D eigenvalue weighted by Crippen LogP contribution is -2.41. The zero-order chi connectivity index (χ0) is 12.2. The monoisotopic (exact) mass is 227 g/mol. The molecule has 2 atom stereocenters. The van der Waals surface area contributed by atoms with Crippen molar-refractivity contribution in [2.45, 2.75) is 65.0 Å². The van der Waals surface area contributed by atoms with E-state index in [0.29, 0.717) is 12.5 Å². The van der Waals surface area contributed by atoms with Gasteiger partial charge < -0.3 is 10.1 Å². The van der Waals surface area contributed by atoms with Crippen molar-refractivity contribution in [2.24, 2.45) is 5.92 Å². The fourth-order valence-electron chi connectivity index (χ4n) is 2.01. The van der Waals surface area contributed by atoms with E-state index >= 15 is 0 Å². The second-order valence-electron chi connectivity index (χ2n) is 5.89. The van der Waals surface area contributed by atoms with E-state index in [2.05, 4.69) is 12.2 Å². The van der Waals surface area contributed by atoms with Gasteiger partial charge in [0.1, 0.15) is 6.10 Å². The maximum absolute atomic E-state index is 11.6. The van der Waals surface area contributed by atoms with Gasteiger partial charge in [-0.05, 0) is 46.0 Å². The first kappa shape index (κ1) is 13.5. The lowest BCUT2D eigenvalue weighted by Gasteiger charge is -2.29. The van der Waals surface area contributed by atoms with E-state index < -0.39 is 0 Å². The van der Waals surface area contributed by atoms with Crippen molar-refractivity contribution in [1.29, 1.82) is 0 Å². The topological polar surface area (TPSA) is 38.3 Å². The molecule has 1 rings (SSSR count). The van der Waals surface area contributed by atoms with E-state index in [-0.39, 0.29) is 17.6 Å². The van der Waals surface area contributed by atoms with Crippen LogP contribution in [0.3, 0.4) is 0 Å². The second kappa shape index (κ2) is 5.67. The van der Waals surface area contributed by atoms with Crippen LogP contribution in [0.15, 0.2) is 0 Å². The first-order valence-electron chi connectivity index (χ1n) is 6.33. The first-order chi connectivity index (χ1) is 7.38. The summed E-state index contributed by atoms with van der Waals surface area (Å²) < 4.78 is 5.50. The number of carbonyl (C=O) groups is 1. The Labute approximate surface area is 98.9 Å². The van der Waals surface area contributed by atoms with Crippen molar-refractivity contribution in [3.05, 3.63) is 0 Å². The molecule has 94 valence electrons. The quantitative estimate of drug-likeness (QED) is 0.753. The van der Waals surface area contributed by atoms with E-state index in [1.165, 1.54) is 19.3 Å². The average Bonchev–Trinajstić information content (AvgIpc) is 2.18. The van der Waals surface area contributed by atoms with Crippen LogP contribution in [0.1, 0.15) is 53.4 Å². The Morgan fingerprint density at radius 1 is 1.31 bits per heavy atom. The van der Waals surface area contributed by atoms with E-state index in [1.807, 2.05) is 20.8 Å². The van der Waals surface area contributed by atoms with Crippen LogP contribution >= 0.6 is 0 Å². The van der Waals surface area contributed by atoms with Crippen LogP contribution in [0.5, 0.6) is 0 Å². The van der Waals surface area contributed by atoms with Gasteiger partial charge in [0.2, 0.25) is 0 Å². The molecular weight excluding hydrogens is 202 g/mol. The largest absolute Gasteiger partial charge is 0.461 e. The van der Waals surface area contributed by atoms with Crippen molar-refractivity contribution >= 4 is 5.97 Å². The Kier molecular flexibility index (Phi) is 4.78. The van der Waals surface area contributed by atoms with Crippen LogP contribution in [-0.2, 0) is 9.53 Å². The molecule has 1 aliphatic rings. The number of hydrogen-bond donors (Lipinski definition) is 1. The number of carbonyl (C=O) groups excluding carboxylic acids is 1. The summed E-state index contributed by atoms with van der Waals surface area (Å²) in [4.78, 5) is 11.6. The molecule has 1 aliphatic carbocycles. The normalized spacial score (nSPS) is 26.5. The maximum atomic E-state index is 11.6. The summed E-state index contributed by atoms with van der Waals surface area (Å²) in [6, 6.07) is 0. The number of rotatable bonds is 3. The van der Waals surface area contributed by atoms with Crippen LogP contribution < -0.4 is 5.32 Å². The van der Waals surface area contributed by atoms with Crippen molar-refractivity contribution in [3.8, 4) is 0 Å². The summed E-state index contributed by atoms with van der Waals surface area (Å²) in [7, 11) is 0. The van der Waals surface area contributed by atoms with E-state index in [9.17, 15) is 4.79 Å². The lowest BCUT2D eigenvalue weighted by molar-refractivity contribution is -0.152. The molecular formula is C13H25NO2. The van der Waals surface area contributed by atoms with Gasteiger partial charge in [0, 0.05) is 5.54 Å². The van der Waals surface area contributed by atoms with Gasteiger partial charge in [0.25, 0.3) is 0 Å². The molecule has 1 saturated carbocycles. The Morgan fingerprint density at radius 2 is 1.94 bits per heavy atom. The molecule has 0 amide bonds. The summed E-state index contributed by atoms with van der Waals surface area (Å²) in [6.07, 6.45) is 4.82. The summed E-state index contributed by atoms with van der Waals surface area (Å²) in [5.74, 6) is 0.404. The maximum Gasteiger partial charge on any atom is 0.320 e. The molecule has 16 heavy (non-hydrogen) atoms. The second-order valence-corrected chi connectivity index (χ2v) is 5.89. The first-order valence-corrected chi connectivity index (χ1v) is 6.33. The van der Waals surface area contributed by atoms with E-state index in [4.69, 9.17) is 4.74 Å². The van der Waals surface area contributed by atoms with Gasteiger partial charge in [-0.2, -0.15) is 0 Å². The Hall–Kier alpha value is -0.570. The summed E-state index contributed by atoms with van der Waals surface area (Å²) >= 11 is 0. The van der Waals surface area contributed by atoms with E-state index in [0.717, 1.165) is 6.42 Å². The summed E-state index contributed by atoms with van der Waals surface area (Å²) in [6.45, 7) is 8.62. The summed E-state index contributed by atoms with van der Waals surface area (Å²) in [5.41, 5.74) is -0.0306. The average molecular weight is 227 g/mol. The summed E-state index contributed by atoms with van der Waals surface area (Å²) in [5, 5.41) is 3.15. The van der Waals surface area contributed by atoms with Crippen LogP contribution in [-0.4, -0.2) is 24.2 Å². The standard InChI is InChI=1S/C13H25NO2/c1-10-7-5-6-8-11(10)16-12(15)9-14-13(2,3)4/h10-11,14H,5-9H2,1-4H3. The third-order valence-electron chi connectivity index (χ3n) is 3.08. The van der Waals surface area contributed by atoms with Crippen LogP contribution in [0.2, 0.25) is 0 Å². The molecule has 0 spiro atoms. The van der Waals surface area contributed by atoms with Crippen molar-refractivity contribution in [1.82, 2.24) is 5.32 Å². The van der Waals surface area contributed by atoms with E-state index in [1.54, 1.807) is 0 Å². The molecule has 3 heteroatoms. The van der Waals surface area contributed by atoms with Crippen molar-refractivity contribution in [2.75, 3.05) is 6.54 Å². The Morgan fingerprint density at radius 3 is 2.50 bits per heavy atom. The molecule has 0 saturated heterocycles. The molecule has 0 aromatic rings. The fourth-order valence-corrected chi connectivity index (χ4v) is 2.01. The van der Waals surface area contributed by atoms with Crippen LogP contribution in [0.4, 0.5) is 0 Å². The highest BCUT2D eigenvalue weighted by Crippen LogP contribution is 2.26. The molecule has 1 N–H and O–H groups in total. The van der Waals surface area contributed by atoms with Gasteiger partial charge in [-0.1, -0.05) is 13.3 Å². The van der Waals surface area contributed by atoms with Crippen molar-refractivity contribution < 1.29 is 9.53 Å². The SMILES string of the molecule is CC1CCCCC1OC(=O)CNC(C)(C)C. The van der Waals surface area contributed by atoms with Crippen LogP contribution in [0.25, 0.3) is 0 Å². The molecule has 0 aliphatic heterocycles. The molecule has 2 unspecified atom stereocenters. The molecule has 0 bridgehead atoms. The highest BCUT2D eigenvalue weighted by molar-refractivity contribution is 5.72. The zero-order valence-corrected chi connectivity index (χ0v) is 11.0. The Bertz CT molecular complexity index is 233. The van der Waals surface area contributed by atoms with Gasteiger partial charge in [0.15, 0.2) is 0 Å². The minimum Gasteiger partial charge on any atom is -0.461 e. The van der Waals surface area contributed by atoms with Gasteiger partial charge in [-0.25, -0.2) is 0 Å². The predicted octanol–water partition coefficient (Wildman–Crippen LogP) is 2.50. The molecule has 0 heterocycles. The number of esters is 1. The third-order valence-corrected chi connectivity index (χ3v) is 3.08. The third kappa shape index (κ3) is 4.97. The molecule has 3 nitrogen and oxygen atoms in total. The van der Waals surface area contributed by atoms with Gasteiger partial charge in [-0.3, -0.25) is 4.79 Å². The predicted molar refractivity (Wildman–Crippen MR) is 65.3 cm³/mol. The van der Waals surface area contributed by atoms with Crippen LogP contribution in [0, 0.1) is 5.92 Å². The lowest BCUT2D eigenvalue weighted by atomic mass is 9.88. The van der Waals surface area contributed by atoms with Gasteiger partial charge in [-0.15, -0.1) is 0 Å². The highest BCUT2D eigenvalue weighted by atomic mass is 16.5. The smallest absolute Gasteiger partial charge is 0.320 e.